The van der Waals surface area contributed by atoms with Crippen LogP contribution >= 0.6 is 15.9 Å². The van der Waals surface area contributed by atoms with Crippen LogP contribution in [0, 0.1) is 6.92 Å². The first-order chi connectivity index (χ1) is 12.0. The number of carbonyl (C=O) groups excluding carboxylic acids is 2. The van der Waals surface area contributed by atoms with Crippen molar-refractivity contribution in [2.75, 3.05) is 13.7 Å². The Hall–Kier alpha value is -2.35. The average molecular weight is 410 g/mol. The number of rotatable bonds is 7. The van der Waals surface area contributed by atoms with Gasteiger partial charge in [0, 0.05) is 5.69 Å². The van der Waals surface area contributed by atoms with Gasteiger partial charge in [-0.25, -0.2) is 0 Å². The number of halogens is 1. The highest BCUT2D eigenvalue weighted by Gasteiger charge is 2.23. The first-order valence-corrected chi connectivity index (χ1v) is 8.56. The number of aromatic nitrogens is 2. The number of esters is 1. The van der Waals surface area contributed by atoms with Crippen LogP contribution in [0.1, 0.15) is 41.1 Å². The number of hydrogen-bond donors (Lipinski definition) is 2. The maximum absolute atomic E-state index is 12.5. The minimum Gasteiger partial charge on any atom is -0.497 e. The zero-order chi connectivity index (χ0) is 18.4. The second-order valence-electron chi connectivity index (χ2n) is 5.32. The number of methoxy groups -OCH3 is 1. The van der Waals surface area contributed by atoms with E-state index in [1.54, 1.807) is 39.2 Å². The third kappa shape index (κ3) is 4.82. The number of hydrogen-bond acceptors (Lipinski definition) is 5. The van der Waals surface area contributed by atoms with E-state index in [0.29, 0.717) is 10.2 Å². The number of nitrogens with zero attached hydrogens (tertiary/aromatic N) is 1. The Morgan fingerprint density at radius 1 is 1.40 bits per heavy atom. The van der Waals surface area contributed by atoms with E-state index in [1.807, 2.05) is 6.07 Å². The Kier molecular flexibility index (Phi) is 6.58. The van der Waals surface area contributed by atoms with Crippen molar-refractivity contribution in [3.8, 4) is 5.75 Å². The molecule has 2 rings (SSSR count). The summed E-state index contributed by atoms with van der Waals surface area (Å²) in [4.78, 5) is 24.5. The molecule has 0 saturated carbocycles. The Morgan fingerprint density at radius 2 is 2.16 bits per heavy atom. The van der Waals surface area contributed by atoms with Gasteiger partial charge in [0.05, 0.1) is 30.7 Å². The Balaban J connectivity index is 2.25. The van der Waals surface area contributed by atoms with Gasteiger partial charge in [0.15, 0.2) is 5.69 Å². The largest absolute Gasteiger partial charge is 0.497 e. The van der Waals surface area contributed by atoms with Gasteiger partial charge < -0.3 is 14.8 Å². The summed E-state index contributed by atoms with van der Waals surface area (Å²) in [5.41, 5.74) is 1.71. The number of nitrogens with one attached hydrogen (secondary N) is 2. The van der Waals surface area contributed by atoms with Crippen LogP contribution in [0.25, 0.3) is 0 Å². The van der Waals surface area contributed by atoms with Crippen LogP contribution in [0.15, 0.2) is 28.7 Å². The molecule has 1 aromatic carbocycles. The molecule has 0 aliphatic carbocycles. The van der Waals surface area contributed by atoms with E-state index in [0.717, 1.165) is 11.3 Å². The lowest BCUT2D eigenvalue weighted by atomic mass is 10.0. The molecule has 2 aromatic rings. The highest BCUT2D eigenvalue weighted by atomic mass is 79.9. The molecule has 0 radical (unpaired) electrons. The zero-order valence-electron chi connectivity index (χ0n) is 14.3. The van der Waals surface area contributed by atoms with E-state index in [2.05, 4.69) is 31.4 Å². The van der Waals surface area contributed by atoms with Gasteiger partial charge in [-0.3, -0.25) is 14.7 Å². The third-order valence-corrected chi connectivity index (χ3v) is 4.54. The lowest BCUT2D eigenvalue weighted by Gasteiger charge is -2.18. The van der Waals surface area contributed by atoms with Crippen LogP contribution in [0.4, 0.5) is 0 Å². The summed E-state index contributed by atoms with van der Waals surface area (Å²) in [6.45, 7) is 3.81. The lowest BCUT2D eigenvalue weighted by Crippen LogP contribution is -2.31. The zero-order valence-corrected chi connectivity index (χ0v) is 15.8. The Bertz CT molecular complexity index is 760. The molecule has 1 atom stereocenters. The van der Waals surface area contributed by atoms with E-state index < -0.39 is 17.9 Å². The summed E-state index contributed by atoms with van der Waals surface area (Å²) in [5.74, 6) is -0.154. The fourth-order valence-electron chi connectivity index (χ4n) is 2.29. The summed E-state index contributed by atoms with van der Waals surface area (Å²) in [7, 11) is 1.56. The van der Waals surface area contributed by atoms with Crippen LogP contribution in [0.2, 0.25) is 0 Å². The maximum atomic E-state index is 12.5. The Morgan fingerprint density at radius 3 is 2.76 bits per heavy atom. The molecule has 1 unspecified atom stereocenters. The molecule has 0 saturated heterocycles. The molecule has 2 N–H and O–H groups in total. The van der Waals surface area contributed by atoms with Crippen molar-refractivity contribution in [3.63, 3.8) is 0 Å². The molecule has 0 bridgehead atoms. The molecule has 8 heteroatoms. The molecule has 0 aliphatic rings. The molecule has 7 nitrogen and oxygen atoms in total. The van der Waals surface area contributed by atoms with E-state index >= 15 is 0 Å². The Labute approximate surface area is 154 Å². The van der Waals surface area contributed by atoms with Crippen molar-refractivity contribution >= 4 is 27.8 Å². The maximum Gasteiger partial charge on any atom is 0.308 e. The van der Waals surface area contributed by atoms with Crippen molar-refractivity contribution in [1.29, 1.82) is 0 Å². The minimum atomic E-state index is -0.564. The van der Waals surface area contributed by atoms with Crippen LogP contribution in [0.3, 0.4) is 0 Å². The van der Waals surface area contributed by atoms with Crippen LogP contribution in [-0.4, -0.2) is 35.8 Å². The van der Waals surface area contributed by atoms with Gasteiger partial charge in [0.1, 0.15) is 5.75 Å². The van der Waals surface area contributed by atoms with E-state index in [4.69, 9.17) is 9.47 Å². The predicted molar refractivity (Wildman–Crippen MR) is 95.5 cm³/mol. The molecular formula is C17H20BrN3O4. The quantitative estimate of drug-likeness (QED) is 0.685. The molecule has 1 heterocycles. The minimum absolute atomic E-state index is 0.00771. The number of H-pyrrole nitrogens is 1. The van der Waals surface area contributed by atoms with Gasteiger partial charge in [0.25, 0.3) is 5.91 Å². The van der Waals surface area contributed by atoms with E-state index in [1.165, 1.54) is 0 Å². The van der Waals surface area contributed by atoms with Crippen LogP contribution < -0.4 is 10.1 Å². The smallest absolute Gasteiger partial charge is 0.308 e. The van der Waals surface area contributed by atoms with Gasteiger partial charge in [-0.05, 0) is 47.5 Å². The second kappa shape index (κ2) is 8.66. The van der Waals surface area contributed by atoms with Gasteiger partial charge in [-0.1, -0.05) is 12.1 Å². The first kappa shape index (κ1) is 19.0. The molecule has 1 aromatic heterocycles. The van der Waals surface area contributed by atoms with Crippen molar-refractivity contribution in [2.45, 2.75) is 26.3 Å². The van der Waals surface area contributed by atoms with E-state index in [-0.39, 0.29) is 18.7 Å². The average Bonchev–Trinajstić information content (AvgIpc) is 2.94. The highest BCUT2D eigenvalue weighted by molar-refractivity contribution is 9.10. The summed E-state index contributed by atoms with van der Waals surface area (Å²) >= 11 is 3.33. The summed E-state index contributed by atoms with van der Waals surface area (Å²) < 4.78 is 10.8. The molecule has 134 valence electrons. The number of carbonyl (C=O) groups is 2. The van der Waals surface area contributed by atoms with Crippen molar-refractivity contribution in [1.82, 2.24) is 15.5 Å². The second-order valence-corrected chi connectivity index (χ2v) is 6.12. The standard InChI is InChI=1S/C17H20BrN3O4/c1-4-25-14(22)9-13(11-6-5-7-12(8-11)24-3)19-17(23)16-15(18)10(2)20-21-16/h5-8,13H,4,9H2,1-3H3,(H,19,23)(H,20,21). The normalized spacial score (nSPS) is 11.7. The van der Waals surface area contributed by atoms with Crippen molar-refractivity contribution in [2.24, 2.45) is 0 Å². The van der Waals surface area contributed by atoms with Crippen molar-refractivity contribution in [3.05, 3.63) is 45.7 Å². The topological polar surface area (TPSA) is 93.3 Å². The van der Waals surface area contributed by atoms with Gasteiger partial charge in [-0.2, -0.15) is 5.10 Å². The number of aryl methyl sites for hydroxylation is 1. The SMILES string of the molecule is CCOC(=O)CC(NC(=O)c1n[nH]c(C)c1Br)c1cccc(OC)c1. The van der Waals surface area contributed by atoms with Crippen LogP contribution in [-0.2, 0) is 9.53 Å². The molecular weight excluding hydrogens is 390 g/mol. The predicted octanol–water partition coefficient (Wildman–Crippen LogP) is 2.91. The number of amides is 1. The molecule has 1 amide bonds. The fraction of sp³-hybridized carbons (Fsp3) is 0.353. The van der Waals surface area contributed by atoms with Gasteiger partial charge >= 0.3 is 5.97 Å². The summed E-state index contributed by atoms with van der Waals surface area (Å²) in [6, 6.07) is 6.62. The molecule has 25 heavy (non-hydrogen) atoms. The molecule has 0 spiro atoms. The molecule has 0 aliphatic heterocycles. The highest BCUT2D eigenvalue weighted by Crippen LogP contribution is 2.24. The fourth-order valence-corrected chi connectivity index (χ4v) is 2.65. The monoisotopic (exact) mass is 409 g/mol. The van der Waals surface area contributed by atoms with Crippen molar-refractivity contribution < 1.29 is 19.1 Å². The van der Waals surface area contributed by atoms with Gasteiger partial charge in [-0.15, -0.1) is 0 Å². The summed E-state index contributed by atoms with van der Waals surface area (Å²) in [6.07, 6.45) is 0.00771. The lowest BCUT2D eigenvalue weighted by molar-refractivity contribution is -0.143. The summed E-state index contributed by atoms with van der Waals surface area (Å²) in [5, 5.41) is 9.56. The van der Waals surface area contributed by atoms with Crippen LogP contribution in [0.5, 0.6) is 5.75 Å². The van der Waals surface area contributed by atoms with Gasteiger partial charge in [0.2, 0.25) is 0 Å². The number of ether oxygens (including phenoxy) is 2. The van der Waals surface area contributed by atoms with E-state index in [9.17, 15) is 9.59 Å². The number of benzene rings is 1. The molecule has 0 fully saturated rings. The number of aromatic amines is 1. The third-order valence-electron chi connectivity index (χ3n) is 3.57. The first-order valence-electron chi connectivity index (χ1n) is 7.77.